The van der Waals surface area contributed by atoms with E-state index in [1.54, 1.807) is 0 Å². The lowest BCUT2D eigenvalue weighted by Gasteiger charge is -2.27. The Balaban J connectivity index is 2.28. The minimum Gasteiger partial charge on any atom is -0.393 e. The third-order valence-corrected chi connectivity index (χ3v) is 4.33. The summed E-state index contributed by atoms with van der Waals surface area (Å²) in [5.74, 6) is 0.693. The third kappa shape index (κ3) is 3.68. The summed E-state index contributed by atoms with van der Waals surface area (Å²) in [5.41, 5.74) is 8.82. The van der Waals surface area contributed by atoms with Gasteiger partial charge in [-0.3, -0.25) is 0 Å². The van der Waals surface area contributed by atoms with Gasteiger partial charge in [0.15, 0.2) is 5.82 Å². The summed E-state index contributed by atoms with van der Waals surface area (Å²) in [6, 6.07) is 0.299. The maximum Gasteiger partial charge on any atom is 0.159 e. The fourth-order valence-electron chi connectivity index (χ4n) is 2.95. The van der Waals surface area contributed by atoms with Gasteiger partial charge in [0.05, 0.1) is 17.4 Å². The number of hydrogen-bond donors (Lipinski definition) is 3. The maximum absolute atomic E-state index is 9.59. The number of aliphatic hydroxyl groups is 1. The van der Waals surface area contributed by atoms with E-state index >= 15 is 0 Å². The molecule has 0 radical (unpaired) electrons. The average molecular weight is 308 g/mol. The zero-order valence-electron chi connectivity index (χ0n) is 12.7. The monoisotopic (exact) mass is 308 g/mol. The van der Waals surface area contributed by atoms with Crippen LogP contribution in [0.1, 0.15) is 56.4 Å². The van der Waals surface area contributed by atoms with Gasteiger partial charge in [0.1, 0.15) is 4.99 Å². The molecule has 0 unspecified atom stereocenters. The van der Waals surface area contributed by atoms with Gasteiger partial charge in [0.2, 0.25) is 0 Å². The SMILES string of the molecule is CCc1nnc(NC2CCC(O)CC2)c(C(N)=S)c1CC. The minimum absolute atomic E-state index is 0.169. The number of thiocarbonyl (C=S) groups is 1. The van der Waals surface area contributed by atoms with Gasteiger partial charge < -0.3 is 16.2 Å². The van der Waals surface area contributed by atoms with Gasteiger partial charge in [0, 0.05) is 6.04 Å². The van der Waals surface area contributed by atoms with Crippen molar-refractivity contribution in [2.75, 3.05) is 5.32 Å². The molecule has 1 heterocycles. The van der Waals surface area contributed by atoms with Crippen LogP contribution in [0.3, 0.4) is 0 Å². The molecule has 1 aliphatic rings. The van der Waals surface area contributed by atoms with Crippen molar-refractivity contribution in [3.05, 3.63) is 16.8 Å². The summed E-state index contributed by atoms with van der Waals surface area (Å²) in [4.78, 5) is 0.370. The lowest BCUT2D eigenvalue weighted by molar-refractivity contribution is 0.126. The Hall–Kier alpha value is -1.27. The maximum atomic E-state index is 9.59. The Morgan fingerprint density at radius 3 is 2.43 bits per heavy atom. The van der Waals surface area contributed by atoms with Crippen LogP contribution in [0.15, 0.2) is 0 Å². The first-order valence-electron chi connectivity index (χ1n) is 7.69. The zero-order valence-corrected chi connectivity index (χ0v) is 13.5. The molecule has 0 saturated heterocycles. The van der Waals surface area contributed by atoms with Gasteiger partial charge in [-0.15, -0.1) is 5.10 Å². The Kier molecular flexibility index (Phi) is 5.47. The molecule has 2 rings (SSSR count). The van der Waals surface area contributed by atoms with Crippen LogP contribution >= 0.6 is 12.2 Å². The standard InChI is InChI=1S/C15H24N4OS/c1-3-11-12(4-2)18-19-15(13(11)14(16)21)17-9-5-7-10(20)8-6-9/h9-10,20H,3-8H2,1-2H3,(H2,16,21)(H,17,19). The fraction of sp³-hybridized carbons (Fsp3) is 0.667. The molecule has 1 aromatic rings. The largest absolute Gasteiger partial charge is 0.393 e. The predicted octanol–water partition coefficient (Wildman–Crippen LogP) is 1.95. The van der Waals surface area contributed by atoms with Crippen molar-refractivity contribution < 1.29 is 5.11 Å². The van der Waals surface area contributed by atoms with Crippen molar-refractivity contribution in [1.82, 2.24) is 10.2 Å². The van der Waals surface area contributed by atoms with Gasteiger partial charge in [0.25, 0.3) is 0 Å². The van der Waals surface area contributed by atoms with Crippen LogP contribution in [0.2, 0.25) is 0 Å². The van der Waals surface area contributed by atoms with E-state index < -0.39 is 0 Å². The first kappa shape index (κ1) is 16.1. The Bertz CT molecular complexity index is 513. The molecular formula is C15H24N4OS. The molecule has 6 heteroatoms. The van der Waals surface area contributed by atoms with Gasteiger partial charge in [-0.2, -0.15) is 5.10 Å². The normalized spacial score (nSPS) is 22.0. The number of hydrogen-bond acceptors (Lipinski definition) is 5. The van der Waals surface area contributed by atoms with Crippen LogP contribution < -0.4 is 11.1 Å². The molecule has 0 atom stereocenters. The van der Waals surface area contributed by atoms with E-state index in [0.29, 0.717) is 16.8 Å². The molecule has 21 heavy (non-hydrogen) atoms. The number of aromatic nitrogens is 2. The van der Waals surface area contributed by atoms with Crippen molar-refractivity contribution in [1.29, 1.82) is 0 Å². The molecule has 1 aliphatic carbocycles. The van der Waals surface area contributed by atoms with Crippen LogP contribution in [0.4, 0.5) is 5.82 Å². The lowest BCUT2D eigenvalue weighted by atomic mass is 9.93. The number of nitrogens with two attached hydrogens (primary N) is 1. The Labute approximate surface area is 131 Å². The second-order valence-electron chi connectivity index (χ2n) is 5.57. The molecule has 1 fully saturated rings. The van der Waals surface area contributed by atoms with Crippen molar-refractivity contribution >= 4 is 23.0 Å². The van der Waals surface area contributed by atoms with E-state index in [9.17, 15) is 5.11 Å². The van der Waals surface area contributed by atoms with Crippen LogP contribution in [0.5, 0.6) is 0 Å². The minimum atomic E-state index is -0.169. The number of aryl methyl sites for hydroxylation is 1. The summed E-state index contributed by atoms with van der Waals surface area (Å²) in [6.07, 6.45) is 4.98. The molecule has 116 valence electrons. The number of rotatable bonds is 5. The highest BCUT2D eigenvalue weighted by Crippen LogP contribution is 2.25. The van der Waals surface area contributed by atoms with E-state index in [-0.39, 0.29) is 6.10 Å². The molecule has 0 aromatic carbocycles. The number of nitrogens with zero attached hydrogens (tertiary/aromatic N) is 2. The summed E-state index contributed by atoms with van der Waals surface area (Å²) in [7, 11) is 0. The van der Waals surface area contributed by atoms with E-state index in [1.807, 2.05) is 0 Å². The average Bonchev–Trinajstić information content (AvgIpc) is 2.48. The number of anilines is 1. The third-order valence-electron chi connectivity index (χ3n) is 4.13. The summed E-state index contributed by atoms with van der Waals surface area (Å²) < 4.78 is 0. The molecule has 5 nitrogen and oxygen atoms in total. The first-order valence-corrected chi connectivity index (χ1v) is 8.10. The highest BCUT2D eigenvalue weighted by atomic mass is 32.1. The highest BCUT2D eigenvalue weighted by Gasteiger charge is 2.23. The van der Waals surface area contributed by atoms with Crippen molar-refractivity contribution in [2.45, 2.75) is 64.5 Å². The molecule has 1 saturated carbocycles. The van der Waals surface area contributed by atoms with Gasteiger partial charge in [-0.1, -0.05) is 26.1 Å². The first-order chi connectivity index (χ1) is 10.1. The van der Waals surface area contributed by atoms with Crippen LogP contribution in [-0.4, -0.2) is 32.4 Å². The van der Waals surface area contributed by atoms with Crippen LogP contribution in [-0.2, 0) is 12.8 Å². The van der Waals surface area contributed by atoms with Gasteiger partial charge >= 0.3 is 0 Å². The second kappa shape index (κ2) is 7.13. The van der Waals surface area contributed by atoms with Crippen LogP contribution in [0.25, 0.3) is 0 Å². The predicted molar refractivity (Wildman–Crippen MR) is 88.6 cm³/mol. The second-order valence-corrected chi connectivity index (χ2v) is 6.01. The molecule has 0 spiro atoms. The van der Waals surface area contributed by atoms with Gasteiger partial charge in [-0.05, 0) is 44.1 Å². The Morgan fingerprint density at radius 1 is 1.24 bits per heavy atom. The van der Waals surface area contributed by atoms with Crippen molar-refractivity contribution in [3.63, 3.8) is 0 Å². The molecule has 0 aliphatic heterocycles. The highest BCUT2D eigenvalue weighted by molar-refractivity contribution is 7.80. The number of aliphatic hydroxyl groups excluding tert-OH is 1. The van der Waals surface area contributed by atoms with Crippen molar-refractivity contribution in [2.24, 2.45) is 5.73 Å². The summed E-state index contributed by atoms with van der Waals surface area (Å²) in [5, 5.41) is 21.6. The van der Waals surface area contributed by atoms with E-state index in [4.69, 9.17) is 18.0 Å². The van der Waals surface area contributed by atoms with E-state index in [0.717, 1.165) is 55.3 Å². The smallest absolute Gasteiger partial charge is 0.159 e. The molecule has 1 aromatic heterocycles. The topological polar surface area (TPSA) is 84.1 Å². The molecule has 0 amide bonds. The fourth-order valence-corrected chi connectivity index (χ4v) is 3.17. The Morgan fingerprint density at radius 2 is 1.90 bits per heavy atom. The molecule has 0 bridgehead atoms. The zero-order chi connectivity index (χ0) is 15.4. The van der Waals surface area contributed by atoms with Crippen molar-refractivity contribution in [3.8, 4) is 0 Å². The lowest BCUT2D eigenvalue weighted by Crippen LogP contribution is -2.30. The van der Waals surface area contributed by atoms with Gasteiger partial charge in [-0.25, -0.2) is 0 Å². The quantitative estimate of drug-likeness (QED) is 0.721. The summed E-state index contributed by atoms with van der Waals surface area (Å²) in [6.45, 7) is 4.14. The van der Waals surface area contributed by atoms with Crippen LogP contribution in [0, 0.1) is 0 Å². The van der Waals surface area contributed by atoms with E-state index in [1.165, 1.54) is 0 Å². The van der Waals surface area contributed by atoms with E-state index in [2.05, 4.69) is 29.4 Å². The molecular weight excluding hydrogens is 284 g/mol. The number of nitrogens with one attached hydrogen (secondary N) is 1. The molecule has 4 N–H and O–H groups in total. The summed E-state index contributed by atoms with van der Waals surface area (Å²) >= 11 is 5.23.